The van der Waals surface area contributed by atoms with Crippen molar-refractivity contribution in [2.24, 2.45) is 0 Å². The Morgan fingerprint density at radius 2 is 1.84 bits per heavy atom. The first kappa shape index (κ1) is 19.0. The molecule has 0 spiro atoms. The number of carboxylic acids is 1. The van der Waals surface area contributed by atoms with E-state index >= 15 is 0 Å². The summed E-state index contributed by atoms with van der Waals surface area (Å²) in [6.45, 7) is -3.02. The Hall–Kier alpha value is -2.38. The van der Waals surface area contributed by atoms with Gasteiger partial charge >= 0.3 is 12.6 Å². The van der Waals surface area contributed by atoms with Gasteiger partial charge in [0, 0.05) is 12.6 Å². The molecule has 1 saturated carbocycles. The van der Waals surface area contributed by atoms with Crippen molar-refractivity contribution in [1.29, 1.82) is 0 Å². The molecule has 0 heterocycles. The van der Waals surface area contributed by atoms with Crippen LogP contribution in [0.5, 0.6) is 11.5 Å². The van der Waals surface area contributed by atoms with Gasteiger partial charge in [-0.05, 0) is 31.0 Å². The normalized spacial score (nSPS) is 16.4. The second kappa shape index (κ2) is 7.67. The van der Waals surface area contributed by atoms with Crippen molar-refractivity contribution in [1.82, 2.24) is 4.90 Å². The van der Waals surface area contributed by atoms with E-state index in [4.69, 9.17) is 4.74 Å². The smallest absolute Gasteiger partial charge is 0.387 e. The Labute approximate surface area is 144 Å². The van der Waals surface area contributed by atoms with E-state index in [1.807, 2.05) is 0 Å². The van der Waals surface area contributed by atoms with E-state index < -0.39 is 24.0 Å². The first-order valence-electron chi connectivity index (χ1n) is 7.96. The van der Waals surface area contributed by atoms with Crippen molar-refractivity contribution >= 4 is 11.9 Å². The molecule has 1 amide bonds. The van der Waals surface area contributed by atoms with Gasteiger partial charge in [0.25, 0.3) is 5.91 Å². The highest BCUT2D eigenvalue weighted by Crippen LogP contribution is 2.35. The number of amides is 1. The van der Waals surface area contributed by atoms with Crippen molar-refractivity contribution in [3.63, 3.8) is 0 Å². The van der Waals surface area contributed by atoms with Crippen LogP contribution in [0.4, 0.5) is 8.78 Å². The van der Waals surface area contributed by atoms with Crippen LogP contribution >= 0.6 is 0 Å². The molecular formula is C17H21F2NO5. The summed E-state index contributed by atoms with van der Waals surface area (Å²) in [4.78, 5) is 25.8. The number of carboxylic acid groups (broad SMARTS) is 1. The maximum atomic E-state index is 12.8. The van der Waals surface area contributed by atoms with E-state index in [-0.39, 0.29) is 17.1 Å². The highest BCUT2D eigenvalue weighted by molar-refractivity contribution is 5.98. The van der Waals surface area contributed by atoms with Crippen molar-refractivity contribution in [2.75, 3.05) is 14.2 Å². The Morgan fingerprint density at radius 1 is 1.20 bits per heavy atom. The Morgan fingerprint density at radius 3 is 2.36 bits per heavy atom. The largest absolute Gasteiger partial charge is 0.493 e. The third-order valence-electron chi connectivity index (χ3n) is 4.65. The fourth-order valence-electron chi connectivity index (χ4n) is 3.21. The van der Waals surface area contributed by atoms with Crippen LogP contribution in [0.1, 0.15) is 42.5 Å². The van der Waals surface area contributed by atoms with Crippen LogP contribution in [0.2, 0.25) is 0 Å². The molecule has 2 rings (SSSR count). The Bertz CT molecular complexity index is 644. The average Bonchev–Trinajstić information content (AvgIpc) is 2.60. The average molecular weight is 357 g/mol. The summed E-state index contributed by atoms with van der Waals surface area (Å²) in [6.07, 6.45) is 3.16. The minimum atomic E-state index is -3.02. The lowest BCUT2D eigenvalue weighted by atomic mass is 9.80. The van der Waals surface area contributed by atoms with Gasteiger partial charge in [-0.2, -0.15) is 8.78 Å². The van der Waals surface area contributed by atoms with Crippen LogP contribution in [0.15, 0.2) is 18.2 Å². The third kappa shape index (κ3) is 3.83. The molecule has 8 heteroatoms. The molecule has 1 aromatic rings. The number of hydrogen-bond acceptors (Lipinski definition) is 4. The second-order valence-electron chi connectivity index (χ2n) is 6.01. The fraction of sp³-hybridized carbons (Fsp3) is 0.529. The lowest BCUT2D eigenvalue weighted by molar-refractivity contribution is -0.151. The summed E-state index contributed by atoms with van der Waals surface area (Å²) in [5.41, 5.74) is -1.10. The molecule has 1 aliphatic rings. The molecule has 1 N–H and O–H groups in total. The molecule has 0 aliphatic heterocycles. The predicted octanol–water partition coefficient (Wildman–Crippen LogP) is 3.16. The summed E-state index contributed by atoms with van der Waals surface area (Å²) in [6, 6.07) is 3.80. The molecule has 138 valence electrons. The molecule has 0 radical (unpaired) electrons. The van der Waals surface area contributed by atoms with Gasteiger partial charge < -0.3 is 19.5 Å². The third-order valence-corrected chi connectivity index (χ3v) is 4.65. The number of alkyl halides is 2. The zero-order valence-corrected chi connectivity index (χ0v) is 14.1. The van der Waals surface area contributed by atoms with E-state index in [0.717, 1.165) is 19.3 Å². The van der Waals surface area contributed by atoms with E-state index in [2.05, 4.69) is 4.74 Å². The standard InChI is InChI=1S/C17H21F2NO5/c1-20(17(15(22)23)8-4-3-5-9-17)14(21)11-6-7-12(25-16(18)19)13(10-11)24-2/h6-7,10,16H,3-5,8-9H2,1-2H3,(H,22,23). The van der Waals surface area contributed by atoms with E-state index in [1.54, 1.807) is 0 Å². The summed E-state index contributed by atoms with van der Waals surface area (Å²) in [5.74, 6) is -1.76. The number of ether oxygens (including phenoxy) is 2. The van der Waals surface area contributed by atoms with Gasteiger partial charge in [-0.25, -0.2) is 4.79 Å². The number of rotatable bonds is 6. The molecule has 0 saturated heterocycles. The molecule has 0 aromatic heterocycles. The van der Waals surface area contributed by atoms with E-state index in [9.17, 15) is 23.5 Å². The molecule has 6 nitrogen and oxygen atoms in total. The highest BCUT2D eigenvalue weighted by Gasteiger charge is 2.45. The SMILES string of the molecule is COc1cc(C(=O)N(C)C2(C(=O)O)CCCCC2)ccc1OC(F)F. The maximum Gasteiger partial charge on any atom is 0.387 e. The summed E-state index contributed by atoms with van der Waals surface area (Å²) in [7, 11) is 2.73. The van der Waals surface area contributed by atoms with Gasteiger partial charge in [-0.1, -0.05) is 19.3 Å². The molecular weight excluding hydrogens is 336 g/mol. The predicted molar refractivity (Wildman–Crippen MR) is 85.2 cm³/mol. The van der Waals surface area contributed by atoms with Gasteiger partial charge in [-0.3, -0.25) is 4.79 Å². The number of benzene rings is 1. The van der Waals surface area contributed by atoms with Crippen molar-refractivity contribution in [2.45, 2.75) is 44.3 Å². The van der Waals surface area contributed by atoms with E-state index in [1.165, 1.54) is 37.3 Å². The summed E-state index contributed by atoms with van der Waals surface area (Å²) >= 11 is 0. The Kier molecular flexibility index (Phi) is 5.81. The van der Waals surface area contributed by atoms with Gasteiger partial charge in [0.05, 0.1) is 7.11 Å². The molecule has 25 heavy (non-hydrogen) atoms. The lowest BCUT2D eigenvalue weighted by Crippen LogP contribution is -2.56. The minimum Gasteiger partial charge on any atom is -0.493 e. The quantitative estimate of drug-likeness (QED) is 0.846. The summed E-state index contributed by atoms with van der Waals surface area (Å²) < 4.78 is 34.1. The van der Waals surface area contributed by atoms with Crippen molar-refractivity contribution in [3.05, 3.63) is 23.8 Å². The molecule has 1 aliphatic carbocycles. The monoisotopic (exact) mass is 357 g/mol. The number of carbonyl (C=O) groups excluding carboxylic acids is 1. The Balaban J connectivity index is 2.31. The van der Waals surface area contributed by atoms with Gasteiger partial charge in [0.2, 0.25) is 0 Å². The number of nitrogens with zero attached hydrogens (tertiary/aromatic N) is 1. The first-order valence-corrected chi connectivity index (χ1v) is 7.96. The van der Waals surface area contributed by atoms with Crippen molar-refractivity contribution < 1.29 is 33.0 Å². The first-order chi connectivity index (χ1) is 11.8. The van der Waals surface area contributed by atoms with Gasteiger partial charge in [-0.15, -0.1) is 0 Å². The molecule has 1 aromatic carbocycles. The molecule has 0 bridgehead atoms. The van der Waals surface area contributed by atoms with Crippen LogP contribution in [0.3, 0.4) is 0 Å². The lowest BCUT2D eigenvalue weighted by Gasteiger charge is -2.41. The van der Waals surface area contributed by atoms with Crippen LogP contribution < -0.4 is 9.47 Å². The van der Waals surface area contributed by atoms with Crippen LogP contribution in [0.25, 0.3) is 0 Å². The maximum absolute atomic E-state index is 12.8. The van der Waals surface area contributed by atoms with Crippen molar-refractivity contribution in [3.8, 4) is 11.5 Å². The van der Waals surface area contributed by atoms with E-state index in [0.29, 0.717) is 12.8 Å². The fourth-order valence-corrected chi connectivity index (χ4v) is 3.21. The zero-order valence-electron chi connectivity index (χ0n) is 14.1. The minimum absolute atomic E-state index is 0.0208. The van der Waals surface area contributed by atoms with Gasteiger partial charge in [0.15, 0.2) is 11.5 Å². The topological polar surface area (TPSA) is 76.1 Å². The molecule has 0 unspecified atom stereocenters. The van der Waals surface area contributed by atoms with Crippen LogP contribution in [0, 0.1) is 0 Å². The number of methoxy groups -OCH3 is 1. The molecule has 1 fully saturated rings. The number of aliphatic carboxylic acids is 1. The molecule has 0 atom stereocenters. The summed E-state index contributed by atoms with van der Waals surface area (Å²) in [5, 5.41) is 9.68. The van der Waals surface area contributed by atoms with Gasteiger partial charge in [0.1, 0.15) is 5.54 Å². The number of likely N-dealkylation sites (N-methyl/N-ethyl adjacent to an activating group) is 1. The number of halogens is 2. The second-order valence-corrected chi connectivity index (χ2v) is 6.01. The van der Waals surface area contributed by atoms with Crippen LogP contribution in [-0.2, 0) is 4.79 Å². The number of carbonyl (C=O) groups is 2. The number of hydrogen-bond donors (Lipinski definition) is 1. The van der Waals surface area contributed by atoms with Crippen LogP contribution in [-0.4, -0.2) is 48.2 Å². The zero-order chi connectivity index (χ0) is 18.6. The highest BCUT2D eigenvalue weighted by atomic mass is 19.3.